The first-order valence-electron chi connectivity index (χ1n) is 9.82. The molecule has 1 heterocycles. The first kappa shape index (κ1) is 22.0. The summed E-state index contributed by atoms with van der Waals surface area (Å²) in [6.07, 6.45) is 1.52. The number of amides is 1. The maximum atomic E-state index is 12.3. The van der Waals surface area contributed by atoms with Crippen molar-refractivity contribution >= 4 is 23.7 Å². The van der Waals surface area contributed by atoms with Crippen LogP contribution < -0.4 is 14.9 Å². The van der Waals surface area contributed by atoms with Gasteiger partial charge in [0.05, 0.1) is 26.0 Å². The van der Waals surface area contributed by atoms with Crippen LogP contribution in [0.5, 0.6) is 11.5 Å². The number of halogens is 1. The Kier molecular flexibility index (Phi) is 6.66. The molecule has 0 saturated heterocycles. The first-order chi connectivity index (χ1) is 16.1. The third-order valence-electron chi connectivity index (χ3n) is 4.69. The average Bonchev–Trinajstić information content (AvgIpc) is 3.34. The summed E-state index contributed by atoms with van der Waals surface area (Å²) in [4.78, 5) is 12.3. The van der Waals surface area contributed by atoms with E-state index in [1.807, 2.05) is 6.07 Å². The third-order valence-corrected chi connectivity index (χ3v) is 4.92. The van der Waals surface area contributed by atoms with Crippen LogP contribution in [0.3, 0.4) is 0 Å². The van der Waals surface area contributed by atoms with Crippen molar-refractivity contribution in [2.45, 2.75) is 0 Å². The summed E-state index contributed by atoms with van der Waals surface area (Å²) >= 11 is 5.93. The predicted molar refractivity (Wildman–Crippen MR) is 125 cm³/mol. The highest BCUT2D eigenvalue weighted by Gasteiger charge is 2.16. The van der Waals surface area contributed by atoms with Gasteiger partial charge in [0.1, 0.15) is 11.5 Å². The van der Waals surface area contributed by atoms with E-state index in [0.29, 0.717) is 45.0 Å². The van der Waals surface area contributed by atoms with E-state index < -0.39 is 0 Å². The number of benzene rings is 3. The van der Waals surface area contributed by atoms with Crippen LogP contribution in [0.2, 0.25) is 5.02 Å². The molecular formula is C24H19ClN4O4. The Balaban J connectivity index is 1.45. The number of hydrogen-bond donors (Lipinski definition) is 1. The van der Waals surface area contributed by atoms with Crippen LogP contribution in [0.1, 0.15) is 15.9 Å². The van der Waals surface area contributed by atoms with E-state index >= 15 is 0 Å². The molecule has 0 aliphatic rings. The highest BCUT2D eigenvalue weighted by Crippen LogP contribution is 2.33. The van der Waals surface area contributed by atoms with Gasteiger partial charge in [0, 0.05) is 22.2 Å². The number of ether oxygens (including phenoxy) is 2. The molecular weight excluding hydrogens is 444 g/mol. The molecule has 0 spiro atoms. The number of nitrogens with zero attached hydrogens (tertiary/aromatic N) is 3. The van der Waals surface area contributed by atoms with Crippen LogP contribution in [-0.2, 0) is 0 Å². The minimum Gasteiger partial charge on any atom is -0.497 e. The van der Waals surface area contributed by atoms with Crippen molar-refractivity contribution in [1.82, 2.24) is 15.6 Å². The zero-order chi connectivity index (χ0) is 23.2. The molecule has 8 nitrogen and oxygen atoms in total. The lowest BCUT2D eigenvalue weighted by Gasteiger charge is -2.07. The predicted octanol–water partition coefficient (Wildman–Crippen LogP) is 4.84. The number of hydrazone groups is 1. The topological polar surface area (TPSA) is 98.8 Å². The Morgan fingerprint density at radius 3 is 2.52 bits per heavy atom. The number of aromatic nitrogens is 2. The van der Waals surface area contributed by atoms with Gasteiger partial charge < -0.3 is 13.9 Å². The van der Waals surface area contributed by atoms with E-state index in [-0.39, 0.29) is 5.91 Å². The molecule has 4 aromatic rings. The van der Waals surface area contributed by atoms with Gasteiger partial charge in [-0.3, -0.25) is 4.79 Å². The Morgan fingerprint density at radius 1 is 1.00 bits per heavy atom. The second kappa shape index (κ2) is 9.97. The van der Waals surface area contributed by atoms with Crippen molar-refractivity contribution in [2.24, 2.45) is 5.10 Å². The maximum absolute atomic E-state index is 12.3. The molecule has 0 atom stereocenters. The van der Waals surface area contributed by atoms with Gasteiger partial charge in [0.15, 0.2) is 0 Å². The lowest BCUT2D eigenvalue weighted by molar-refractivity contribution is 0.0955. The summed E-state index contributed by atoms with van der Waals surface area (Å²) in [6, 6.07) is 19.2. The molecule has 1 N–H and O–H groups in total. The Hall–Kier alpha value is -4.17. The largest absolute Gasteiger partial charge is 0.497 e. The van der Waals surface area contributed by atoms with Crippen molar-refractivity contribution in [2.75, 3.05) is 14.2 Å². The van der Waals surface area contributed by atoms with Gasteiger partial charge in [0.25, 0.3) is 11.8 Å². The number of rotatable bonds is 7. The smallest absolute Gasteiger partial charge is 0.271 e. The molecule has 166 valence electrons. The van der Waals surface area contributed by atoms with Crippen molar-refractivity contribution < 1.29 is 18.7 Å². The van der Waals surface area contributed by atoms with Crippen LogP contribution >= 0.6 is 11.6 Å². The van der Waals surface area contributed by atoms with Gasteiger partial charge in [0.2, 0.25) is 5.89 Å². The lowest BCUT2D eigenvalue weighted by Crippen LogP contribution is -2.17. The van der Waals surface area contributed by atoms with Crippen LogP contribution in [-0.4, -0.2) is 36.5 Å². The van der Waals surface area contributed by atoms with E-state index in [0.717, 1.165) is 5.56 Å². The van der Waals surface area contributed by atoms with Crippen LogP contribution in [0.25, 0.3) is 22.9 Å². The number of hydrogen-bond acceptors (Lipinski definition) is 7. The summed E-state index contributed by atoms with van der Waals surface area (Å²) in [5.74, 6) is 1.47. The van der Waals surface area contributed by atoms with Crippen LogP contribution in [0, 0.1) is 0 Å². The summed E-state index contributed by atoms with van der Waals surface area (Å²) in [5.41, 5.74) is 5.00. The first-order valence-corrected chi connectivity index (χ1v) is 10.2. The van der Waals surface area contributed by atoms with Gasteiger partial charge >= 0.3 is 0 Å². The molecule has 0 bridgehead atoms. The maximum Gasteiger partial charge on any atom is 0.271 e. The Bertz CT molecular complexity index is 1300. The van der Waals surface area contributed by atoms with Gasteiger partial charge in [-0.15, -0.1) is 10.2 Å². The van der Waals surface area contributed by atoms with Crippen molar-refractivity contribution in [3.05, 3.63) is 82.9 Å². The summed E-state index contributed by atoms with van der Waals surface area (Å²) < 4.78 is 16.4. The quantitative estimate of drug-likeness (QED) is 0.312. The fourth-order valence-electron chi connectivity index (χ4n) is 3.00. The summed E-state index contributed by atoms with van der Waals surface area (Å²) in [6.45, 7) is 0. The number of carbonyl (C=O) groups is 1. The fourth-order valence-corrected chi connectivity index (χ4v) is 3.20. The number of nitrogens with one attached hydrogen (secondary N) is 1. The Labute approximate surface area is 194 Å². The molecule has 1 amide bonds. The summed E-state index contributed by atoms with van der Waals surface area (Å²) in [5, 5.41) is 12.8. The molecule has 0 fully saturated rings. The van der Waals surface area contributed by atoms with Crippen molar-refractivity contribution in [3.63, 3.8) is 0 Å². The van der Waals surface area contributed by atoms with Gasteiger partial charge in [-0.05, 0) is 54.1 Å². The lowest BCUT2D eigenvalue weighted by atomic mass is 10.1. The number of methoxy groups -OCH3 is 2. The molecule has 0 aliphatic carbocycles. The molecule has 33 heavy (non-hydrogen) atoms. The van der Waals surface area contributed by atoms with Gasteiger partial charge in [-0.2, -0.15) is 5.10 Å². The van der Waals surface area contributed by atoms with Crippen LogP contribution in [0.15, 0.2) is 76.2 Å². The minimum absolute atomic E-state index is 0.307. The monoisotopic (exact) mass is 462 g/mol. The second-order valence-corrected chi connectivity index (χ2v) is 7.25. The van der Waals surface area contributed by atoms with E-state index in [4.69, 9.17) is 25.5 Å². The molecule has 3 aromatic carbocycles. The van der Waals surface area contributed by atoms with E-state index in [9.17, 15) is 4.79 Å². The molecule has 0 saturated carbocycles. The average molecular weight is 463 g/mol. The standard InChI is InChI=1S/C24H19ClN4O4/c1-31-19-10-11-20(21(13-19)32-2)24-29-28-23(33-24)17-8-6-16(7-9-17)22(30)27-26-14-15-4-3-5-18(25)12-15/h3-14H,1-2H3,(H,27,30)/b26-14+. The van der Waals surface area contributed by atoms with Gasteiger partial charge in [-0.25, -0.2) is 5.43 Å². The van der Waals surface area contributed by atoms with Crippen molar-refractivity contribution in [1.29, 1.82) is 0 Å². The normalized spacial score (nSPS) is 10.9. The van der Waals surface area contributed by atoms with Crippen molar-refractivity contribution in [3.8, 4) is 34.4 Å². The van der Waals surface area contributed by atoms with Crippen LogP contribution in [0.4, 0.5) is 0 Å². The Morgan fingerprint density at radius 2 is 1.79 bits per heavy atom. The molecule has 9 heteroatoms. The molecule has 1 aromatic heterocycles. The van der Waals surface area contributed by atoms with Gasteiger partial charge in [-0.1, -0.05) is 23.7 Å². The zero-order valence-corrected chi connectivity index (χ0v) is 18.5. The second-order valence-electron chi connectivity index (χ2n) is 6.81. The fraction of sp³-hybridized carbons (Fsp3) is 0.0833. The summed E-state index contributed by atoms with van der Waals surface area (Å²) in [7, 11) is 3.13. The SMILES string of the molecule is COc1ccc(-c2nnc(-c3ccc(C(=O)N/N=C/c4cccc(Cl)c4)cc3)o2)c(OC)c1. The van der Waals surface area contributed by atoms with E-state index in [1.54, 1.807) is 74.9 Å². The van der Waals surface area contributed by atoms with E-state index in [2.05, 4.69) is 20.7 Å². The highest BCUT2D eigenvalue weighted by molar-refractivity contribution is 6.30. The zero-order valence-electron chi connectivity index (χ0n) is 17.8. The minimum atomic E-state index is -0.353. The molecule has 0 radical (unpaired) electrons. The molecule has 0 unspecified atom stereocenters. The third kappa shape index (κ3) is 5.19. The highest BCUT2D eigenvalue weighted by atomic mass is 35.5. The molecule has 0 aliphatic heterocycles. The molecule has 4 rings (SSSR count). The number of carbonyl (C=O) groups excluding carboxylic acids is 1. The van der Waals surface area contributed by atoms with E-state index in [1.165, 1.54) is 6.21 Å².